The Bertz CT molecular complexity index is 562. The zero-order chi connectivity index (χ0) is 15.1. The van der Waals surface area contributed by atoms with Gasteiger partial charge in [0.25, 0.3) is 0 Å². The van der Waals surface area contributed by atoms with Gasteiger partial charge in [-0.1, -0.05) is 19.9 Å². The quantitative estimate of drug-likeness (QED) is 0.723. The van der Waals surface area contributed by atoms with Crippen molar-refractivity contribution >= 4 is 11.7 Å². The fraction of sp³-hybridized carbons (Fsp3) is 0.562. The number of rotatable bonds is 2. The molecule has 0 spiro atoms. The zero-order valence-corrected chi connectivity index (χ0v) is 12.4. The van der Waals surface area contributed by atoms with Crippen LogP contribution in [-0.4, -0.2) is 29.7 Å². The summed E-state index contributed by atoms with van der Waals surface area (Å²) in [5.41, 5.74) is 0.188. The summed E-state index contributed by atoms with van der Waals surface area (Å²) >= 11 is 0. The van der Waals surface area contributed by atoms with Gasteiger partial charge >= 0.3 is 0 Å². The van der Waals surface area contributed by atoms with Gasteiger partial charge in [-0.25, -0.2) is 0 Å². The number of nitrogens with zero attached hydrogens (tertiary/aromatic N) is 2. The number of carbonyl (C=O) groups excluding carboxylic acids is 2. The van der Waals surface area contributed by atoms with E-state index < -0.39 is 11.3 Å². The molecule has 4 heteroatoms. The highest BCUT2D eigenvalue weighted by atomic mass is 16.2. The summed E-state index contributed by atoms with van der Waals surface area (Å²) in [6, 6.07) is 1.93. The van der Waals surface area contributed by atoms with Gasteiger partial charge < -0.3 is 4.90 Å². The van der Waals surface area contributed by atoms with E-state index in [1.807, 2.05) is 12.1 Å². The van der Waals surface area contributed by atoms with Crippen LogP contribution in [0.1, 0.15) is 27.7 Å². The zero-order valence-electron chi connectivity index (χ0n) is 12.4. The van der Waals surface area contributed by atoms with Crippen LogP contribution in [0.4, 0.5) is 0 Å². The molecule has 20 heavy (non-hydrogen) atoms. The van der Waals surface area contributed by atoms with E-state index in [1.54, 1.807) is 18.7 Å². The molecule has 0 aromatic heterocycles. The molecule has 0 aromatic rings. The highest BCUT2D eigenvalue weighted by Gasteiger charge is 2.46. The van der Waals surface area contributed by atoms with E-state index in [0.717, 1.165) is 5.57 Å². The molecule has 0 fully saturated rings. The lowest BCUT2D eigenvalue weighted by Crippen LogP contribution is -2.48. The maximum atomic E-state index is 12.6. The van der Waals surface area contributed by atoms with Crippen molar-refractivity contribution in [3.63, 3.8) is 0 Å². The minimum Gasteiger partial charge on any atom is -0.338 e. The van der Waals surface area contributed by atoms with Crippen LogP contribution in [0.5, 0.6) is 0 Å². The van der Waals surface area contributed by atoms with Gasteiger partial charge in [0.2, 0.25) is 5.91 Å². The molecule has 1 amide bonds. The number of fused-ring (bicyclic) bond motifs is 1. The van der Waals surface area contributed by atoms with Crippen molar-refractivity contribution < 1.29 is 9.59 Å². The Morgan fingerprint density at radius 1 is 1.45 bits per heavy atom. The molecule has 0 bridgehead atoms. The summed E-state index contributed by atoms with van der Waals surface area (Å²) < 4.78 is 0. The summed E-state index contributed by atoms with van der Waals surface area (Å²) in [4.78, 5) is 26.6. The smallest absolute Gasteiger partial charge is 0.233 e. The van der Waals surface area contributed by atoms with Crippen LogP contribution in [0.3, 0.4) is 0 Å². The predicted octanol–water partition coefficient (Wildman–Crippen LogP) is 2.09. The molecule has 0 aromatic carbocycles. The fourth-order valence-corrected chi connectivity index (χ4v) is 2.96. The molecule has 1 heterocycles. The number of hydrogen-bond acceptors (Lipinski definition) is 3. The first-order valence-corrected chi connectivity index (χ1v) is 6.95. The van der Waals surface area contributed by atoms with E-state index >= 15 is 0 Å². The molecule has 106 valence electrons. The van der Waals surface area contributed by atoms with Crippen LogP contribution in [0.2, 0.25) is 0 Å². The molecule has 1 aliphatic carbocycles. The molecule has 2 rings (SSSR count). The minimum absolute atomic E-state index is 0.00419. The fourth-order valence-electron chi connectivity index (χ4n) is 2.96. The van der Waals surface area contributed by atoms with E-state index in [4.69, 9.17) is 5.26 Å². The topological polar surface area (TPSA) is 61.2 Å². The lowest BCUT2D eigenvalue weighted by atomic mass is 9.66. The van der Waals surface area contributed by atoms with Gasteiger partial charge in [0.1, 0.15) is 6.07 Å². The van der Waals surface area contributed by atoms with Crippen LogP contribution < -0.4 is 0 Å². The van der Waals surface area contributed by atoms with Gasteiger partial charge in [0, 0.05) is 13.1 Å². The molecule has 0 saturated carbocycles. The minimum atomic E-state index is -0.760. The van der Waals surface area contributed by atoms with Crippen molar-refractivity contribution in [1.29, 1.82) is 5.26 Å². The van der Waals surface area contributed by atoms with Crippen LogP contribution in [0.15, 0.2) is 23.3 Å². The van der Waals surface area contributed by atoms with Gasteiger partial charge in [0.15, 0.2) is 5.78 Å². The maximum Gasteiger partial charge on any atom is 0.233 e. The summed E-state index contributed by atoms with van der Waals surface area (Å²) in [5, 5.41) is 9.10. The molecule has 1 aliphatic heterocycles. The molecule has 2 aliphatic rings. The molecule has 1 atom stereocenters. The largest absolute Gasteiger partial charge is 0.338 e. The van der Waals surface area contributed by atoms with Crippen molar-refractivity contribution in [3.8, 4) is 6.07 Å². The van der Waals surface area contributed by atoms with Gasteiger partial charge in [-0.05, 0) is 31.4 Å². The number of carbonyl (C=O) groups is 2. The molecular weight excluding hydrogens is 252 g/mol. The number of nitriles is 1. The Balaban J connectivity index is 2.44. The average molecular weight is 272 g/mol. The summed E-state index contributed by atoms with van der Waals surface area (Å²) in [7, 11) is 0. The monoisotopic (exact) mass is 272 g/mol. The second kappa shape index (κ2) is 4.90. The van der Waals surface area contributed by atoms with Gasteiger partial charge in [-0.2, -0.15) is 5.26 Å². The van der Waals surface area contributed by atoms with Crippen molar-refractivity contribution in [1.82, 2.24) is 4.90 Å². The SMILES string of the molecule is CC(C)CN1CC=C2C(C=C(C#N)C(=O)C2(C)C)C1=O. The number of allylic oxidation sites excluding steroid dienone is 1. The molecular formula is C16H20N2O2. The Morgan fingerprint density at radius 2 is 2.10 bits per heavy atom. The summed E-state index contributed by atoms with van der Waals surface area (Å²) in [5.74, 6) is -0.242. The Kier molecular flexibility index (Phi) is 3.56. The average Bonchev–Trinajstić information content (AvgIpc) is 2.37. The van der Waals surface area contributed by atoms with Crippen molar-refractivity contribution in [2.75, 3.05) is 13.1 Å². The van der Waals surface area contributed by atoms with Gasteiger partial charge in [-0.15, -0.1) is 0 Å². The first-order chi connectivity index (χ1) is 9.28. The van der Waals surface area contributed by atoms with Crippen molar-refractivity contribution in [3.05, 3.63) is 23.3 Å². The van der Waals surface area contributed by atoms with E-state index in [1.165, 1.54) is 6.08 Å². The Hall–Kier alpha value is -1.89. The van der Waals surface area contributed by atoms with E-state index in [0.29, 0.717) is 19.0 Å². The molecule has 4 nitrogen and oxygen atoms in total. The highest BCUT2D eigenvalue weighted by molar-refractivity contribution is 6.08. The third-order valence-electron chi connectivity index (χ3n) is 4.02. The number of amides is 1. The normalized spacial score (nSPS) is 25.0. The Labute approximate surface area is 119 Å². The lowest BCUT2D eigenvalue weighted by Gasteiger charge is -2.40. The first-order valence-electron chi connectivity index (χ1n) is 6.95. The van der Waals surface area contributed by atoms with E-state index in [9.17, 15) is 9.59 Å². The van der Waals surface area contributed by atoms with E-state index in [-0.39, 0.29) is 17.3 Å². The van der Waals surface area contributed by atoms with Crippen LogP contribution in [0.25, 0.3) is 0 Å². The highest BCUT2D eigenvalue weighted by Crippen LogP contribution is 2.42. The number of Topliss-reactive ketones (excluding diaryl/α,β-unsaturated/α-hetero) is 1. The molecule has 1 unspecified atom stereocenters. The summed E-state index contributed by atoms with van der Waals surface area (Å²) in [6.45, 7) is 8.97. The number of ketones is 1. The summed E-state index contributed by atoms with van der Waals surface area (Å²) in [6.07, 6.45) is 3.52. The lowest BCUT2D eigenvalue weighted by molar-refractivity contribution is -0.135. The predicted molar refractivity (Wildman–Crippen MR) is 75.5 cm³/mol. The molecule has 0 radical (unpaired) electrons. The number of hydrogen-bond donors (Lipinski definition) is 0. The van der Waals surface area contributed by atoms with Gasteiger partial charge in [0.05, 0.1) is 16.9 Å². The first kappa shape index (κ1) is 14.5. The standard InChI is InChI=1S/C16H20N2O2/c1-10(2)9-18-6-5-13-12(15(18)20)7-11(8-17)14(19)16(13,3)4/h5,7,10,12H,6,9H2,1-4H3. The van der Waals surface area contributed by atoms with Gasteiger partial charge in [-0.3, -0.25) is 9.59 Å². The molecule has 0 N–H and O–H groups in total. The van der Waals surface area contributed by atoms with Crippen LogP contribution in [-0.2, 0) is 9.59 Å². The second-order valence-corrected chi connectivity index (χ2v) is 6.42. The second-order valence-electron chi connectivity index (χ2n) is 6.42. The maximum absolute atomic E-state index is 12.6. The van der Waals surface area contributed by atoms with Crippen LogP contribution >= 0.6 is 0 Å². The molecule has 0 saturated heterocycles. The third-order valence-corrected chi connectivity index (χ3v) is 4.02. The van der Waals surface area contributed by atoms with Crippen molar-refractivity contribution in [2.45, 2.75) is 27.7 Å². The van der Waals surface area contributed by atoms with E-state index in [2.05, 4.69) is 13.8 Å². The third kappa shape index (κ3) is 2.18. The Morgan fingerprint density at radius 3 is 2.65 bits per heavy atom. The van der Waals surface area contributed by atoms with Crippen molar-refractivity contribution in [2.24, 2.45) is 17.3 Å². The van der Waals surface area contributed by atoms with Crippen LogP contribution in [0, 0.1) is 28.6 Å².